The summed E-state index contributed by atoms with van der Waals surface area (Å²) >= 11 is 0. The first-order valence-electron chi connectivity index (χ1n) is 7.44. The monoisotopic (exact) mass is 291 g/mol. The van der Waals surface area contributed by atoms with Gasteiger partial charge in [0.2, 0.25) is 0 Å². The van der Waals surface area contributed by atoms with Crippen LogP contribution in [0.15, 0.2) is 60.7 Å². The van der Waals surface area contributed by atoms with Crippen molar-refractivity contribution in [2.75, 3.05) is 18.9 Å². The van der Waals surface area contributed by atoms with Gasteiger partial charge in [-0.1, -0.05) is 54.6 Å². The van der Waals surface area contributed by atoms with E-state index in [1.165, 1.54) is 0 Å². The Labute approximate surface area is 129 Å². The summed E-state index contributed by atoms with van der Waals surface area (Å²) in [6.07, 6.45) is -0.345. The van der Waals surface area contributed by atoms with E-state index in [1.807, 2.05) is 30.3 Å². The molecule has 1 heterocycles. The van der Waals surface area contributed by atoms with Crippen LogP contribution in [0.2, 0.25) is 0 Å². The van der Waals surface area contributed by atoms with Crippen LogP contribution in [0.5, 0.6) is 0 Å². The first kappa shape index (κ1) is 13.3. The van der Waals surface area contributed by atoms with Crippen LogP contribution in [0.25, 0.3) is 21.9 Å². The minimum Gasteiger partial charge on any atom is -0.398 e. The number of nitrogen functional groups attached to an aromatic ring is 1. The van der Waals surface area contributed by atoms with Crippen molar-refractivity contribution in [3.63, 3.8) is 0 Å². The van der Waals surface area contributed by atoms with E-state index in [4.69, 9.17) is 15.2 Å². The molecule has 0 unspecified atom stereocenters. The maximum absolute atomic E-state index is 6.51. The molecular weight excluding hydrogens is 274 g/mol. The highest BCUT2D eigenvalue weighted by molar-refractivity contribution is 6.02. The minimum atomic E-state index is -0.345. The highest BCUT2D eigenvalue weighted by atomic mass is 16.7. The van der Waals surface area contributed by atoms with E-state index >= 15 is 0 Å². The quantitative estimate of drug-likeness (QED) is 0.722. The largest absolute Gasteiger partial charge is 0.398 e. The minimum absolute atomic E-state index is 0.345. The number of rotatable bonds is 2. The Balaban J connectivity index is 2.02. The number of anilines is 1. The van der Waals surface area contributed by atoms with Gasteiger partial charge in [-0.05, 0) is 17.0 Å². The molecule has 1 fully saturated rings. The van der Waals surface area contributed by atoms with Gasteiger partial charge in [-0.2, -0.15) is 0 Å². The molecule has 1 aliphatic rings. The topological polar surface area (TPSA) is 44.5 Å². The van der Waals surface area contributed by atoms with E-state index in [2.05, 4.69) is 30.3 Å². The number of hydrogen-bond acceptors (Lipinski definition) is 3. The lowest BCUT2D eigenvalue weighted by Gasteiger charge is -2.19. The molecule has 1 saturated heterocycles. The zero-order valence-corrected chi connectivity index (χ0v) is 12.2. The lowest BCUT2D eigenvalue weighted by molar-refractivity contribution is -0.0435. The van der Waals surface area contributed by atoms with Crippen molar-refractivity contribution in [3.8, 4) is 11.1 Å². The third-order valence-corrected chi connectivity index (χ3v) is 4.06. The first-order chi connectivity index (χ1) is 10.8. The predicted octanol–water partition coefficient (Wildman–Crippen LogP) is 4.13. The van der Waals surface area contributed by atoms with E-state index in [-0.39, 0.29) is 6.29 Å². The predicted molar refractivity (Wildman–Crippen MR) is 88.4 cm³/mol. The number of hydrogen-bond donors (Lipinski definition) is 1. The third kappa shape index (κ3) is 2.15. The van der Waals surface area contributed by atoms with E-state index in [0.29, 0.717) is 13.2 Å². The fraction of sp³-hybridized carbons (Fsp3) is 0.158. The van der Waals surface area contributed by atoms with Crippen molar-refractivity contribution in [1.82, 2.24) is 0 Å². The van der Waals surface area contributed by atoms with Crippen LogP contribution >= 0.6 is 0 Å². The second kappa shape index (κ2) is 5.44. The average molecular weight is 291 g/mol. The van der Waals surface area contributed by atoms with Crippen molar-refractivity contribution < 1.29 is 9.47 Å². The van der Waals surface area contributed by atoms with Gasteiger partial charge >= 0.3 is 0 Å². The van der Waals surface area contributed by atoms with Crippen LogP contribution in [-0.4, -0.2) is 13.2 Å². The number of nitrogens with two attached hydrogens (primary N) is 1. The Hall–Kier alpha value is -2.36. The molecule has 22 heavy (non-hydrogen) atoms. The summed E-state index contributed by atoms with van der Waals surface area (Å²) in [5, 5.41) is 2.16. The maximum Gasteiger partial charge on any atom is 0.184 e. The van der Waals surface area contributed by atoms with Gasteiger partial charge in [0.1, 0.15) is 0 Å². The molecule has 0 aliphatic carbocycles. The molecule has 0 amide bonds. The van der Waals surface area contributed by atoms with E-state index in [0.717, 1.165) is 33.2 Å². The van der Waals surface area contributed by atoms with Gasteiger partial charge in [0.15, 0.2) is 6.29 Å². The van der Waals surface area contributed by atoms with Crippen LogP contribution in [0.4, 0.5) is 5.69 Å². The lowest BCUT2D eigenvalue weighted by Crippen LogP contribution is -2.04. The molecule has 3 aromatic rings. The van der Waals surface area contributed by atoms with Crippen molar-refractivity contribution in [2.45, 2.75) is 6.29 Å². The molecular formula is C19H17NO2. The highest BCUT2D eigenvalue weighted by Gasteiger charge is 2.24. The van der Waals surface area contributed by atoms with Crippen LogP contribution in [0.1, 0.15) is 11.9 Å². The molecule has 4 rings (SSSR count). The van der Waals surface area contributed by atoms with Gasteiger partial charge in [0, 0.05) is 22.2 Å². The molecule has 0 saturated carbocycles. The van der Waals surface area contributed by atoms with Gasteiger partial charge in [-0.3, -0.25) is 0 Å². The number of ether oxygens (including phenoxy) is 2. The summed E-state index contributed by atoms with van der Waals surface area (Å²) < 4.78 is 11.5. The molecule has 1 aliphatic heterocycles. The van der Waals surface area contributed by atoms with Crippen LogP contribution < -0.4 is 5.73 Å². The van der Waals surface area contributed by atoms with Gasteiger partial charge in [-0.15, -0.1) is 0 Å². The molecule has 3 nitrogen and oxygen atoms in total. The Morgan fingerprint density at radius 1 is 0.864 bits per heavy atom. The summed E-state index contributed by atoms with van der Waals surface area (Å²) in [5.41, 5.74) is 10.4. The molecule has 3 aromatic carbocycles. The summed E-state index contributed by atoms with van der Waals surface area (Å²) in [6, 6.07) is 20.5. The molecule has 110 valence electrons. The smallest absolute Gasteiger partial charge is 0.184 e. The van der Waals surface area contributed by atoms with Gasteiger partial charge in [0.25, 0.3) is 0 Å². The van der Waals surface area contributed by atoms with Crippen LogP contribution in [0.3, 0.4) is 0 Å². The lowest BCUT2D eigenvalue weighted by atomic mass is 9.93. The number of benzene rings is 3. The van der Waals surface area contributed by atoms with Crippen molar-refractivity contribution in [2.24, 2.45) is 0 Å². The van der Waals surface area contributed by atoms with Crippen molar-refractivity contribution >= 4 is 16.5 Å². The number of fused-ring (bicyclic) bond motifs is 1. The Morgan fingerprint density at radius 3 is 2.32 bits per heavy atom. The van der Waals surface area contributed by atoms with Crippen LogP contribution in [-0.2, 0) is 9.47 Å². The maximum atomic E-state index is 6.51. The zero-order chi connectivity index (χ0) is 14.9. The van der Waals surface area contributed by atoms with Gasteiger partial charge in [-0.25, -0.2) is 0 Å². The zero-order valence-electron chi connectivity index (χ0n) is 12.2. The molecule has 0 spiro atoms. The summed E-state index contributed by atoms with van der Waals surface area (Å²) in [4.78, 5) is 0. The fourth-order valence-electron chi connectivity index (χ4n) is 3.05. The molecule has 0 atom stereocenters. The third-order valence-electron chi connectivity index (χ3n) is 4.06. The molecule has 0 radical (unpaired) electrons. The molecule has 2 N–H and O–H groups in total. The van der Waals surface area contributed by atoms with E-state index < -0.39 is 0 Å². The van der Waals surface area contributed by atoms with Crippen LogP contribution in [0, 0.1) is 0 Å². The summed E-state index contributed by atoms with van der Waals surface area (Å²) in [6.45, 7) is 1.23. The molecule has 0 bridgehead atoms. The standard InChI is InChI=1S/C19H17NO2/c20-18-15-9-5-4-8-14(15)12-16(19-21-10-11-22-19)17(18)13-6-2-1-3-7-13/h1-9,12,19H,10-11,20H2. The first-order valence-corrected chi connectivity index (χ1v) is 7.44. The Kier molecular flexibility index (Phi) is 3.29. The summed E-state index contributed by atoms with van der Waals surface area (Å²) in [5.74, 6) is 0. The second-order valence-corrected chi connectivity index (χ2v) is 5.42. The Bertz CT molecular complexity index is 808. The van der Waals surface area contributed by atoms with Gasteiger partial charge in [0.05, 0.1) is 13.2 Å². The van der Waals surface area contributed by atoms with Crippen molar-refractivity contribution in [1.29, 1.82) is 0 Å². The summed E-state index contributed by atoms with van der Waals surface area (Å²) in [7, 11) is 0. The Morgan fingerprint density at radius 2 is 1.55 bits per heavy atom. The van der Waals surface area contributed by atoms with Gasteiger partial charge < -0.3 is 15.2 Å². The molecule has 3 heteroatoms. The normalized spacial score (nSPS) is 15.5. The highest BCUT2D eigenvalue weighted by Crippen LogP contribution is 2.40. The fourth-order valence-corrected chi connectivity index (χ4v) is 3.05. The van der Waals surface area contributed by atoms with Crippen molar-refractivity contribution in [3.05, 3.63) is 66.2 Å². The van der Waals surface area contributed by atoms with E-state index in [9.17, 15) is 0 Å². The van der Waals surface area contributed by atoms with E-state index in [1.54, 1.807) is 0 Å². The average Bonchev–Trinajstić information content (AvgIpc) is 3.10. The molecule has 0 aromatic heterocycles. The second-order valence-electron chi connectivity index (χ2n) is 5.42. The SMILES string of the molecule is Nc1c(-c2ccccc2)c(C2OCCO2)cc2ccccc12.